The van der Waals surface area contributed by atoms with E-state index < -0.39 is 11.9 Å². The molecule has 0 bridgehead atoms. The molecule has 0 amide bonds. The first-order valence-corrected chi connectivity index (χ1v) is 8.92. The number of hydrogen-bond donors (Lipinski definition) is 1. The number of fused-ring (bicyclic) bond motifs is 1. The van der Waals surface area contributed by atoms with Crippen molar-refractivity contribution in [1.82, 2.24) is 19.8 Å². The summed E-state index contributed by atoms with van der Waals surface area (Å²) in [7, 11) is 0. The molecule has 0 spiro atoms. The minimum absolute atomic E-state index is 0.242. The van der Waals surface area contributed by atoms with Gasteiger partial charge in [0.25, 0.3) is 0 Å². The molecule has 2 unspecified atom stereocenters. The van der Waals surface area contributed by atoms with Gasteiger partial charge in [-0.05, 0) is 18.2 Å². The van der Waals surface area contributed by atoms with Gasteiger partial charge >= 0.3 is 5.97 Å². The van der Waals surface area contributed by atoms with E-state index in [-0.39, 0.29) is 6.04 Å². The molecule has 0 aliphatic carbocycles. The van der Waals surface area contributed by atoms with Gasteiger partial charge in [-0.1, -0.05) is 0 Å². The summed E-state index contributed by atoms with van der Waals surface area (Å²) in [6.07, 6.45) is 5.17. The Morgan fingerprint density at radius 3 is 2.73 bits per heavy atom. The number of carboxylic acid groups (broad SMARTS) is 1. The van der Waals surface area contributed by atoms with Crippen LogP contribution in [0.5, 0.6) is 0 Å². The van der Waals surface area contributed by atoms with E-state index in [9.17, 15) is 9.90 Å². The normalized spacial score (nSPS) is 24.8. The van der Waals surface area contributed by atoms with Gasteiger partial charge in [0.15, 0.2) is 0 Å². The molecule has 0 aromatic carbocycles. The molecule has 138 valence electrons. The summed E-state index contributed by atoms with van der Waals surface area (Å²) in [5, 5.41) is 9.62. The zero-order chi connectivity index (χ0) is 17.9. The standard InChI is InChI=1S/C18H23N5O3/c24-17(25)14-9-21(13-16-3-1-8-26-16)11-15-12-23(7-6-22(15)10-14)18-19-4-2-5-20-18/h1-5,8,14-15H,6-7,9-13H2,(H,24,25). The highest BCUT2D eigenvalue weighted by Gasteiger charge is 2.36. The highest BCUT2D eigenvalue weighted by molar-refractivity contribution is 5.70. The van der Waals surface area contributed by atoms with Gasteiger partial charge in [0.2, 0.25) is 5.95 Å². The van der Waals surface area contributed by atoms with Crippen LogP contribution in [-0.4, -0.2) is 76.2 Å². The second kappa shape index (κ2) is 7.43. The largest absolute Gasteiger partial charge is 0.481 e. The van der Waals surface area contributed by atoms with Crippen molar-refractivity contribution < 1.29 is 14.3 Å². The summed E-state index contributed by atoms with van der Waals surface area (Å²) in [4.78, 5) is 27.1. The number of anilines is 1. The lowest BCUT2D eigenvalue weighted by molar-refractivity contribution is -0.142. The van der Waals surface area contributed by atoms with Crippen LogP contribution in [0.3, 0.4) is 0 Å². The molecule has 2 fully saturated rings. The average Bonchev–Trinajstić information content (AvgIpc) is 3.08. The summed E-state index contributed by atoms with van der Waals surface area (Å²) in [5.41, 5.74) is 0. The predicted molar refractivity (Wildman–Crippen MR) is 94.7 cm³/mol. The van der Waals surface area contributed by atoms with Crippen LogP contribution in [0.2, 0.25) is 0 Å². The quantitative estimate of drug-likeness (QED) is 0.859. The van der Waals surface area contributed by atoms with Crippen molar-refractivity contribution >= 4 is 11.9 Å². The van der Waals surface area contributed by atoms with E-state index in [4.69, 9.17) is 4.42 Å². The van der Waals surface area contributed by atoms with Crippen molar-refractivity contribution in [2.75, 3.05) is 44.2 Å². The molecule has 2 aliphatic heterocycles. The molecule has 1 N–H and O–H groups in total. The Kier molecular flexibility index (Phi) is 4.85. The minimum atomic E-state index is -0.732. The molecule has 4 heterocycles. The smallest absolute Gasteiger partial charge is 0.309 e. The molecule has 0 radical (unpaired) electrons. The zero-order valence-corrected chi connectivity index (χ0v) is 14.6. The Hall–Kier alpha value is -2.45. The first kappa shape index (κ1) is 17.0. The summed E-state index contributed by atoms with van der Waals surface area (Å²) in [6, 6.07) is 5.85. The van der Waals surface area contributed by atoms with E-state index in [0.717, 1.165) is 37.9 Å². The maximum Gasteiger partial charge on any atom is 0.309 e. The van der Waals surface area contributed by atoms with Gasteiger partial charge in [0, 0.05) is 57.7 Å². The monoisotopic (exact) mass is 357 g/mol. The molecule has 2 saturated heterocycles. The van der Waals surface area contributed by atoms with Gasteiger partial charge in [0.1, 0.15) is 5.76 Å². The van der Waals surface area contributed by atoms with Crippen LogP contribution in [0.4, 0.5) is 5.95 Å². The molecule has 2 aromatic rings. The maximum absolute atomic E-state index is 11.7. The number of rotatable bonds is 4. The molecular formula is C18H23N5O3. The third-order valence-electron chi connectivity index (χ3n) is 5.15. The van der Waals surface area contributed by atoms with Gasteiger partial charge in [-0.25, -0.2) is 9.97 Å². The summed E-state index contributed by atoms with van der Waals surface area (Å²) >= 11 is 0. The van der Waals surface area contributed by atoms with Gasteiger partial charge in [-0.3, -0.25) is 14.6 Å². The van der Waals surface area contributed by atoms with E-state index in [1.165, 1.54) is 0 Å². The molecule has 0 saturated carbocycles. The highest BCUT2D eigenvalue weighted by Crippen LogP contribution is 2.22. The Morgan fingerprint density at radius 2 is 2.00 bits per heavy atom. The number of aliphatic carboxylic acids is 1. The molecule has 4 rings (SSSR count). The lowest BCUT2D eigenvalue weighted by atomic mass is 10.1. The van der Waals surface area contributed by atoms with Crippen molar-refractivity contribution in [2.45, 2.75) is 12.6 Å². The number of nitrogens with zero attached hydrogens (tertiary/aromatic N) is 5. The third kappa shape index (κ3) is 3.71. The molecule has 2 aliphatic rings. The molecule has 8 nitrogen and oxygen atoms in total. The fourth-order valence-corrected chi connectivity index (χ4v) is 3.88. The van der Waals surface area contributed by atoms with Gasteiger partial charge < -0.3 is 14.4 Å². The van der Waals surface area contributed by atoms with Gasteiger partial charge in [0.05, 0.1) is 18.7 Å². The van der Waals surface area contributed by atoms with Crippen molar-refractivity contribution in [2.24, 2.45) is 5.92 Å². The topological polar surface area (TPSA) is 85.9 Å². The van der Waals surface area contributed by atoms with Crippen LogP contribution >= 0.6 is 0 Å². The second-order valence-corrected chi connectivity index (χ2v) is 6.95. The van der Waals surface area contributed by atoms with Crippen LogP contribution in [0.1, 0.15) is 5.76 Å². The predicted octanol–water partition coefficient (Wildman–Crippen LogP) is 0.777. The van der Waals surface area contributed by atoms with E-state index >= 15 is 0 Å². The van der Waals surface area contributed by atoms with Crippen LogP contribution < -0.4 is 4.90 Å². The second-order valence-electron chi connectivity index (χ2n) is 6.95. The van der Waals surface area contributed by atoms with E-state index in [1.54, 1.807) is 18.7 Å². The summed E-state index contributed by atoms with van der Waals surface area (Å²) in [5.74, 6) is 0.476. The first-order chi connectivity index (χ1) is 12.7. The van der Waals surface area contributed by atoms with Gasteiger partial charge in [-0.15, -0.1) is 0 Å². The van der Waals surface area contributed by atoms with E-state index in [0.29, 0.717) is 19.6 Å². The Bertz CT molecular complexity index is 724. The molecular weight excluding hydrogens is 334 g/mol. The number of aromatic nitrogens is 2. The highest BCUT2D eigenvalue weighted by atomic mass is 16.4. The van der Waals surface area contributed by atoms with Gasteiger partial charge in [-0.2, -0.15) is 0 Å². The van der Waals surface area contributed by atoms with Crippen LogP contribution in [0, 0.1) is 5.92 Å². The van der Waals surface area contributed by atoms with Crippen molar-refractivity contribution in [1.29, 1.82) is 0 Å². The lowest BCUT2D eigenvalue weighted by Crippen LogP contribution is -2.56. The third-order valence-corrected chi connectivity index (χ3v) is 5.15. The lowest BCUT2D eigenvalue weighted by Gasteiger charge is -2.41. The maximum atomic E-state index is 11.7. The zero-order valence-electron chi connectivity index (χ0n) is 14.6. The van der Waals surface area contributed by atoms with Crippen LogP contribution in [0.15, 0.2) is 41.3 Å². The van der Waals surface area contributed by atoms with Crippen LogP contribution in [0.25, 0.3) is 0 Å². The van der Waals surface area contributed by atoms with E-state index in [1.807, 2.05) is 18.2 Å². The van der Waals surface area contributed by atoms with E-state index in [2.05, 4.69) is 24.7 Å². The molecule has 8 heteroatoms. The SMILES string of the molecule is O=C(O)C1CN(Cc2ccco2)CC2CN(c3ncccn3)CCN2C1. The first-order valence-electron chi connectivity index (χ1n) is 8.92. The molecule has 26 heavy (non-hydrogen) atoms. The van der Waals surface area contributed by atoms with Crippen molar-refractivity contribution in [3.05, 3.63) is 42.6 Å². The Morgan fingerprint density at radius 1 is 1.15 bits per heavy atom. The molecule has 2 atom stereocenters. The number of furan rings is 1. The summed E-state index contributed by atoms with van der Waals surface area (Å²) in [6.45, 7) is 4.97. The van der Waals surface area contributed by atoms with Crippen molar-refractivity contribution in [3.8, 4) is 0 Å². The van der Waals surface area contributed by atoms with Crippen LogP contribution in [-0.2, 0) is 11.3 Å². The average molecular weight is 357 g/mol. The number of hydrogen-bond acceptors (Lipinski definition) is 7. The number of carbonyl (C=O) groups is 1. The Balaban J connectivity index is 1.51. The molecule has 2 aromatic heterocycles. The Labute approximate surface area is 152 Å². The summed E-state index contributed by atoms with van der Waals surface area (Å²) < 4.78 is 5.47. The van der Waals surface area contributed by atoms with Crippen molar-refractivity contribution in [3.63, 3.8) is 0 Å². The number of carboxylic acids is 1. The number of piperazine rings is 1. The minimum Gasteiger partial charge on any atom is -0.481 e. The fourth-order valence-electron chi connectivity index (χ4n) is 3.88. The fraction of sp³-hybridized carbons (Fsp3) is 0.500.